The minimum Gasteiger partial charge on any atom is -0.477 e. The van der Waals surface area contributed by atoms with E-state index in [0.29, 0.717) is 24.9 Å². The maximum Gasteiger partial charge on any atom is 0.213 e. The zero-order valence-electron chi connectivity index (χ0n) is 18.2. The predicted molar refractivity (Wildman–Crippen MR) is 134 cm³/mol. The van der Waals surface area contributed by atoms with Gasteiger partial charge in [0.2, 0.25) is 5.88 Å². The third-order valence-electron chi connectivity index (χ3n) is 5.67. The van der Waals surface area contributed by atoms with Gasteiger partial charge >= 0.3 is 0 Å². The van der Waals surface area contributed by atoms with Gasteiger partial charge < -0.3 is 19.7 Å². The quantitative estimate of drug-likeness (QED) is 0.297. The molecule has 2 heterocycles. The summed E-state index contributed by atoms with van der Waals surface area (Å²) >= 11 is 0. The van der Waals surface area contributed by atoms with E-state index in [1.807, 2.05) is 25.4 Å². The molecule has 1 aliphatic heterocycles. The highest BCUT2D eigenvalue weighted by atomic mass is 127. The Labute approximate surface area is 202 Å². The standard InChI is InChI=1S/C24H32N4O2.HI/c1-25-24(27-14-21-9-10-23(26-13-21)30-18-20-7-8-20)28-12-11-22(15-28)17-29-16-19-5-3-2-4-6-19;/h2-6,9-10,13,20,22H,7-8,11-12,14-18H2,1H3,(H,25,27);1H. The van der Waals surface area contributed by atoms with Gasteiger partial charge in [0.1, 0.15) is 0 Å². The maximum absolute atomic E-state index is 5.94. The molecule has 31 heavy (non-hydrogen) atoms. The van der Waals surface area contributed by atoms with E-state index in [1.54, 1.807) is 0 Å². The average molecular weight is 536 g/mol. The Morgan fingerprint density at radius 1 is 1.06 bits per heavy atom. The number of ether oxygens (including phenoxy) is 2. The largest absolute Gasteiger partial charge is 0.477 e. The van der Waals surface area contributed by atoms with Gasteiger partial charge in [-0.3, -0.25) is 4.99 Å². The van der Waals surface area contributed by atoms with E-state index in [9.17, 15) is 0 Å². The van der Waals surface area contributed by atoms with Crippen molar-refractivity contribution in [1.82, 2.24) is 15.2 Å². The maximum atomic E-state index is 5.94. The number of halogens is 1. The van der Waals surface area contributed by atoms with Crippen molar-refractivity contribution >= 4 is 29.9 Å². The highest BCUT2D eigenvalue weighted by molar-refractivity contribution is 14.0. The topological polar surface area (TPSA) is 59.0 Å². The van der Waals surface area contributed by atoms with E-state index in [4.69, 9.17) is 9.47 Å². The van der Waals surface area contributed by atoms with E-state index < -0.39 is 0 Å². The highest BCUT2D eigenvalue weighted by Crippen LogP contribution is 2.29. The first-order valence-corrected chi connectivity index (χ1v) is 10.9. The molecule has 2 aliphatic rings. The van der Waals surface area contributed by atoms with Gasteiger partial charge in [-0.25, -0.2) is 4.98 Å². The van der Waals surface area contributed by atoms with Crippen LogP contribution in [-0.4, -0.2) is 49.2 Å². The fourth-order valence-corrected chi connectivity index (χ4v) is 3.68. The summed E-state index contributed by atoms with van der Waals surface area (Å²) in [6.07, 6.45) is 5.59. The van der Waals surface area contributed by atoms with Gasteiger partial charge in [-0.1, -0.05) is 36.4 Å². The second kappa shape index (κ2) is 12.2. The molecule has 4 rings (SSSR count). The van der Waals surface area contributed by atoms with Gasteiger partial charge in [-0.2, -0.15) is 0 Å². The van der Waals surface area contributed by atoms with Crippen molar-refractivity contribution in [3.63, 3.8) is 0 Å². The number of nitrogens with zero attached hydrogens (tertiary/aromatic N) is 3. The van der Waals surface area contributed by atoms with Gasteiger partial charge in [0, 0.05) is 44.9 Å². The summed E-state index contributed by atoms with van der Waals surface area (Å²) < 4.78 is 11.6. The Morgan fingerprint density at radius 2 is 1.90 bits per heavy atom. The predicted octanol–water partition coefficient (Wildman–Crippen LogP) is 4.10. The highest BCUT2D eigenvalue weighted by Gasteiger charge is 2.25. The third-order valence-corrected chi connectivity index (χ3v) is 5.67. The first-order valence-electron chi connectivity index (χ1n) is 10.9. The monoisotopic (exact) mass is 536 g/mol. The molecule has 6 nitrogen and oxygen atoms in total. The van der Waals surface area contributed by atoms with Crippen LogP contribution in [0.2, 0.25) is 0 Å². The van der Waals surface area contributed by atoms with Crippen LogP contribution in [0.5, 0.6) is 5.88 Å². The number of aromatic nitrogens is 1. The normalized spacial score (nSPS) is 18.5. The summed E-state index contributed by atoms with van der Waals surface area (Å²) in [7, 11) is 1.84. The molecule has 0 spiro atoms. The Bertz CT molecular complexity index is 812. The summed E-state index contributed by atoms with van der Waals surface area (Å²) in [6.45, 7) is 4.94. The number of hydrogen-bond donors (Lipinski definition) is 1. The van der Waals surface area contributed by atoms with Crippen molar-refractivity contribution in [1.29, 1.82) is 0 Å². The van der Waals surface area contributed by atoms with Crippen molar-refractivity contribution in [3.05, 3.63) is 59.8 Å². The number of rotatable bonds is 9. The summed E-state index contributed by atoms with van der Waals surface area (Å²) in [5.74, 6) is 2.93. The molecule has 1 N–H and O–H groups in total. The fourth-order valence-electron chi connectivity index (χ4n) is 3.68. The summed E-state index contributed by atoms with van der Waals surface area (Å²) in [5.41, 5.74) is 2.35. The van der Waals surface area contributed by atoms with Crippen molar-refractivity contribution < 1.29 is 9.47 Å². The minimum atomic E-state index is 0. The Hall–Kier alpha value is -1.87. The van der Waals surface area contributed by atoms with Gasteiger partial charge in [-0.15, -0.1) is 24.0 Å². The first kappa shape index (κ1) is 23.8. The molecule has 1 unspecified atom stereocenters. The second-order valence-electron chi connectivity index (χ2n) is 8.26. The van der Waals surface area contributed by atoms with E-state index in [-0.39, 0.29) is 24.0 Å². The van der Waals surface area contributed by atoms with Gasteiger partial charge in [0.15, 0.2) is 5.96 Å². The fraction of sp³-hybridized carbons (Fsp3) is 0.500. The Morgan fingerprint density at radius 3 is 2.61 bits per heavy atom. The molecule has 2 aromatic rings. The van der Waals surface area contributed by atoms with Crippen LogP contribution in [0.4, 0.5) is 0 Å². The lowest BCUT2D eigenvalue weighted by Gasteiger charge is -2.21. The molecule has 1 atom stereocenters. The van der Waals surface area contributed by atoms with Gasteiger partial charge in [0.05, 0.1) is 19.8 Å². The Kier molecular flexibility index (Phi) is 9.39. The van der Waals surface area contributed by atoms with E-state index in [2.05, 4.69) is 50.5 Å². The summed E-state index contributed by atoms with van der Waals surface area (Å²) in [4.78, 5) is 11.2. The number of hydrogen-bond acceptors (Lipinski definition) is 4. The van der Waals surface area contributed by atoms with Crippen LogP contribution in [0.15, 0.2) is 53.7 Å². The molecule has 1 saturated carbocycles. The van der Waals surface area contributed by atoms with Crippen LogP contribution in [0.1, 0.15) is 30.4 Å². The molecule has 2 fully saturated rings. The summed E-state index contributed by atoms with van der Waals surface area (Å²) in [6, 6.07) is 14.4. The minimum absolute atomic E-state index is 0. The molecule has 7 heteroatoms. The van der Waals surface area contributed by atoms with Crippen molar-refractivity contribution in [2.45, 2.75) is 32.4 Å². The molecule has 1 aliphatic carbocycles. The zero-order valence-corrected chi connectivity index (χ0v) is 20.5. The van der Waals surface area contributed by atoms with Crippen LogP contribution >= 0.6 is 24.0 Å². The van der Waals surface area contributed by atoms with Crippen LogP contribution < -0.4 is 10.1 Å². The van der Waals surface area contributed by atoms with Crippen molar-refractivity contribution in [2.75, 3.05) is 33.4 Å². The van der Waals surface area contributed by atoms with Crippen molar-refractivity contribution in [2.24, 2.45) is 16.8 Å². The number of benzene rings is 1. The molecule has 0 bridgehead atoms. The second-order valence-corrected chi connectivity index (χ2v) is 8.26. The number of aliphatic imine (C=N–C) groups is 1. The van der Waals surface area contributed by atoms with Crippen LogP contribution in [0.3, 0.4) is 0 Å². The molecule has 1 saturated heterocycles. The van der Waals surface area contributed by atoms with Crippen LogP contribution in [0, 0.1) is 11.8 Å². The Balaban J connectivity index is 0.00000272. The lowest BCUT2D eigenvalue weighted by atomic mass is 10.1. The molecule has 0 radical (unpaired) electrons. The first-order chi connectivity index (χ1) is 14.8. The smallest absolute Gasteiger partial charge is 0.213 e. The van der Waals surface area contributed by atoms with Gasteiger partial charge in [0.25, 0.3) is 0 Å². The lowest BCUT2D eigenvalue weighted by Crippen LogP contribution is -2.39. The number of nitrogens with one attached hydrogen (secondary N) is 1. The summed E-state index contributed by atoms with van der Waals surface area (Å²) in [5, 5.41) is 3.46. The number of pyridine rings is 1. The third kappa shape index (κ3) is 7.64. The van der Waals surface area contributed by atoms with E-state index in [0.717, 1.165) is 50.2 Å². The molecule has 168 valence electrons. The van der Waals surface area contributed by atoms with Crippen LogP contribution in [0.25, 0.3) is 0 Å². The number of guanidine groups is 1. The van der Waals surface area contributed by atoms with E-state index in [1.165, 1.54) is 18.4 Å². The molecule has 1 aromatic carbocycles. The molecule has 1 aromatic heterocycles. The molecular weight excluding hydrogens is 503 g/mol. The lowest BCUT2D eigenvalue weighted by molar-refractivity contribution is 0.0906. The van der Waals surface area contributed by atoms with Crippen LogP contribution in [-0.2, 0) is 17.9 Å². The number of likely N-dealkylation sites (tertiary alicyclic amines) is 1. The zero-order chi connectivity index (χ0) is 20.6. The molecular formula is C24H33IN4O2. The van der Waals surface area contributed by atoms with Gasteiger partial charge in [-0.05, 0) is 36.3 Å². The SMILES string of the molecule is CN=C(NCc1ccc(OCC2CC2)nc1)N1CCC(COCc2ccccc2)C1.I. The van der Waals surface area contributed by atoms with Crippen molar-refractivity contribution in [3.8, 4) is 5.88 Å². The van der Waals surface area contributed by atoms with E-state index >= 15 is 0 Å². The average Bonchev–Trinajstić information content (AvgIpc) is 3.51. The molecule has 0 amide bonds.